The Labute approximate surface area is 164 Å². The lowest BCUT2D eigenvalue weighted by molar-refractivity contribution is -0.222. The van der Waals surface area contributed by atoms with Crippen molar-refractivity contribution in [3.63, 3.8) is 0 Å². The first-order chi connectivity index (χ1) is 13.3. The lowest BCUT2D eigenvalue weighted by Crippen LogP contribution is -2.42. The van der Waals surface area contributed by atoms with E-state index in [0.29, 0.717) is 33.3 Å². The Morgan fingerprint density at radius 1 is 1.07 bits per heavy atom. The molecule has 2 aromatic carbocycles. The standard InChI is InChI=1S/C20H15ClN2O5/c1-20(2)27-18(24)13(19(25)28-20)10-22-11-7-8-15-16(9-11)26-17(23-15)12-5-3-4-6-14(12)21/h3-10,22H,1-2H3. The van der Waals surface area contributed by atoms with E-state index < -0.39 is 17.7 Å². The van der Waals surface area contributed by atoms with Crippen LogP contribution in [0.2, 0.25) is 5.02 Å². The molecule has 0 amide bonds. The number of esters is 2. The predicted molar refractivity (Wildman–Crippen MR) is 102 cm³/mol. The van der Waals surface area contributed by atoms with Crippen LogP contribution in [0.3, 0.4) is 0 Å². The Bertz CT molecular complexity index is 1110. The third kappa shape index (κ3) is 3.44. The van der Waals surface area contributed by atoms with Crippen molar-refractivity contribution >= 4 is 40.3 Å². The van der Waals surface area contributed by atoms with Crippen LogP contribution >= 0.6 is 11.6 Å². The topological polar surface area (TPSA) is 90.7 Å². The van der Waals surface area contributed by atoms with Crippen LogP contribution < -0.4 is 5.32 Å². The van der Waals surface area contributed by atoms with Gasteiger partial charge in [0.25, 0.3) is 5.79 Å². The van der Waals surface area contributed by atoms with E-state index in [0.717, 1.165) is 0 Å². The van der Waals surface area contributed by atoms with Crippen molar-refractivity contribution in [1.29, 1.82) is 0 Å². The molecule has 1 N–H and O–H groups in total. The first kappa shape index (κ1) is 18.1. The number of nitrogens with one attached hydrogen (secondary N) is 1. The molecule has 142 valence electrons. The molecular weight excluding hydrogens is 384 g/mol. The molecule has 0 saturated carbocycles. The van der Waals surface area contributed by atoms with Gasteiger partial charge in [-0.05, 0) is 24.3 Å². The normalized spacial score (nSPS) is 15.9. The van der Waals surface area contributed by atoms with E-state index in [1.165, 1.54) is 20.0 Å². The van der Waals surface area contributed by atoms with Gasteiger partial charge in [-0.25, -0.2) is 14.6 Å². The Morgan fingerprint density at radius 3 is 2.50 bits per heavy atom. The molecule has 1 fully saturated rings. The van der Waals surface area contributed by atoms with Gasteiger partial charge >= 0.3 is 11.9 Å². The van der Waals surface area contributed by atoms with E-state index in [-0.39, 0.29) is 5.57 Å². The number of oxazole rings is 1. The lowest BCUT2D eigenvalue weighted by atomic mass is 10.2. The number of aromatic nitrogens is 1. The smallest absolute Gasteiger partial charge is 0.350 e. The molecule has 0 atom stereocenters. The molecule has 0 unspecified atom stereocenters. The minimum absolute atomic E-state index is 0.228. The lowest BCUT2D eigenvalue weighted by Gasteiger charge is -2.29. The largest absolute Gasteiger partial charge is 0.436 e. The van der Waals surface area contributed by atoms with E-state index in [2.05, 4.69) is 10.3 Å². The molecule has 28 heavy (non-hydrogen) atoms. The summed E-state index contributed by atoms with van der Waals surface area (Å²) in [6, 6.07) is 12.4. The highest BCUT2D eigenvalue weighted by Gasteiger charge is 2.38. The van der Waals surface area contributed by atoms with Gasteiger partial charge in [0.05, 0.1) is 10.6 Å². The summed E-state index contributed by atoms with van der Waals surface area (Å²) in [6.07, 6.45) is 1.24. The zero-order valence-corrected chi connectivity index (χ0v) is 15.7. The summed E-state index contributed by atoms with van der Waals surface area (Å²) in [7, 11) is 0. The molecular formula is C20H15ClN2O5. The summed E-state index contributed by atoms with van der Waals surface area (Å²) < 4.78 is 15.9. The van der Waals surface area contributed by atoms with Gasteiger partial charge in [0, 0.05) is 31.8 Å². The van der Waals surface area contributed by atoms with Gasteiger partial charge in [0.1, 0.15) is 5.52 Å². The molecule has 4 rings (SSSR count). The van der Waals surface area contributed by atoms with Crippen molar-refractivity contribution in [2.24, 2.45) is 0 Å². The fourth-order valence-corrected chi connectivity index (χ4v) is 2.91. The highest BCUT2D eigenvalue weighted by molar-refractivity contribution is 6.33. The number of carbonyl (C=O) groups excluding carboxylic acids is 2. The highest BCUT2D eigenvalue weighted by Crippen LogP contribution is 2.31. The quantitative estimate of drug-likeness (QED) is 0.400. The molecule has 8 heteroatoms. The number of fused-ring (bicyclic) bond motifs is 1. The average molecular weight is 399 g/mol. The number of cyclic esters (lactones) is 2. The SMILES string of the molecule is CC1(C)OC(=O)C(=CNc2ccc3nc(-c4ccccc4Cl)oc3c2)C(=O)O1. The molecule has 3 aromatic rings. The van der Waals surface area contributed by atoms with Crippen LogP contribution in [0.25, 0.3) is 22.6 Å². The maximum Gasteiger partial charge on any atom is 0.350 e. The highest BCUT2D eigenvalue weighted by atomic mass is 35.5. The number of benzene rings is 2. The summed E-state index contributed by atoms with van der Waals surface area (Å²) >= 11 is 6.19. The number of halogens is 1. The fourth-order valence-electron chi connectivity index (χ4n) is 2.70. The molecule has 0 aliphatic carbocycles. The molecule has 1 saturated heterocycles. The van der Waals surface area contributed by atoms with Crippen molar-refractivity contribution in [2.75, 3.05) is 5.32 Å². The van der Waals surface area contributed by atoms with Crippen molar-refractivity contribution < 1.29 is 23.5 Å². The van der Waals surface area contributed by atoms with E-state index in [4.69, 9.17) is 25.5 Å². The van der Waals surface area contributed by atoms with Gasteiger partial charge in [-0.2, -0.15) is 0 Å². The number of carbonyl (C=O) groups is 2. The minimum atomic E-state index is -1.28. The minimum Gasteiger partial charge on any atom is -0.436 e. The zero-order chi connectivity index (χ0) is 19.9. The van der Waals surface area contributed by atoms with E-state index in [1.54, 1.807) is 24.3 Å². The Balaban J connectivity index is 1.60. The van der Waals surface area contributed by atoms with Gasteiger partial charge in [-0.1, -0.05) is 23.7 Å². The second kappa shape index (κ2) is 6.69. The zero-order valence-electron chi connectivity index (χ0n) is 15.0. The number of nitrogens with zero attached hydrogens (tertiary/aromatic N) is 1. The van der Waals surface area contributed by atoms with Gasteiger partial charge < -0.3 is 19.2 Å². The number of hydrogen-bond donors (Lipinski definition) is 1. The van der Waals surface area contributed by atoms with E-state index in [1.807, 2.05) is 18.2 Å². The van der Waals surface area contributed by atoms with Gasteiger partial charge in [-0.3, -0.25) is 0 Å². The third-order valence-corrected chi connectivity index (χ3v) is 4.32. The van der Waals surface area contributed by atoms with Gasteiger partial charge in [0.15, 0.2) is 11.2 Å². The molecule has 1 aliphatic heterocycles. The summed E-state index contributed by atoms with van der Waals surface area (Å²) in [5, 5.41) is 3.41. The van der Waals surface area contributed by atoms with Crippen LogP contribution in [0.4, 0.5) is 5.69 Å². The summed E-state index contributed by atoms with van der Waals surface area (Å²) in [5.74, 6) is -2.39. The molecule has 0 radical (unpaired) electrons. The second-order valence-electron chi connectivity index (χ2n) is 6.56. The Kier molecular flexibility index (Phi) is 4.31. The van der Waals surface area contributed by atoms with Gasteiger partial charge in [0.2, 0.25) is 5.89 Å². The molecule has 7 nitrogen and oxygen atoms in total. The third-order valence-electron chi connectivity index (χ3n) is 3.99. The number of hydrogen-bond acceptors (Lipinski definition) is 7. The molecule has 0 bridgehead atoms. The fraction of sp³-hybridized carbons (Fsp3) is 0.150. The molecule has 0 spiro atoms. The summed E-state index contributed by atoms with van der Waals surface area (Å²) in [6.45, 7) is 2.98. The number of anilines is 1. The van der Waals surface area contributed by atoms with Crippen LogP contribution in [0.15, 0.2) is 58.7 Å². The monoisotopic (exact) mass is 398 g/mol. The molecule has 1 aliphatic rings. The van der Waals surface area contributed by atoms with E-state index in [9.17, 15) is 9.59 Å². The number of rotatable bonds is 3. The molecule has 1 aromatic heterocycles. The Morgan fingerprint density at radius 2 is 1.79 bits per heavy atom. The number of ether oxygens (including phenoxy) is 2. The van der Waals surface area contributed by atoms with Crippen molar-refractivity contribution in [3.05, 3.63) is 59.3 Å². The van der Waals surface area contributed by atoms with Crippen molar-refractivity contribution in [3.8, 4) is 11.5 Å². The van der Waals surface area contributed by atoms with Crippen LogP contribution in [-0.2, 0) is 19.1 Å². The van der Waals surface area contributed by atoms with Crippen LogP contribution in [0, 0.1) is 0 Å². The summed E-state index contributed by atoms with van der Waals surface area (Å²) in [4.78, 5) is 28.4. The van der Waals surface area contributed by atoms with Crippen molar-refractivity contribution in [1.82, 2.24) is 4.98 Å². The van der Waals surface area contributed by atoms with Crippen LogP contribution in [0.1, 0.15) is 13.8 Å². The molecule has 2 heterocycles. The second-order valence-corrected chi connectivity index (χ2v) is 6.97. The first-order valence-corrected chi connectivity index (χ1v) is 8.79. The van der Waals surface area contributed by atoms with Gasteiger partial charge in [-0.15, -0.1) is 0 Å². The maximum atomic E-state index is 12.0. The average Bonchev–Trinajstić information content (AvgIpc) is 3.03. The summed E-state index contributed by atoms with van der Waals surface area (Å²) in [5.41, 5.74) is 2.22. The predicted octanol–water partition coefficient (Wildman–Crippen LogP) is 4.28. The maximum absolute atomic E-state index is 12.0. The van der Waals surface area contributed by atoms with Crippen molar-refractivity contribution in [2.45, 2.75) is 19.6 Å². The Hall–Kier alpha value is -3.32. The van der Waals surface area contributed by atoms with Crippen LogP contribution in [0.5, 0.6) is 0 Å². The van der Waals surface area contributed by atoms with E-state index >= 15 is 0 Å². The van der Waals surface area contributed by atoms with Crippen LogP contribution in [-0.4, -0.2) is 22.7 Å². The first-order valence-electron chi connectivity index (χ1n) is 8.41.